The molecule has 0 saturated carbocycles. The van der Waals surface area contributed by atoms with Gasteiger partial charge in [0, 0.05) is 19.5 Å². The maximum Gasteiger partial charge on any atom is 0.314 e. The highest BCUT2D eigenvalue weighted by Crippen LogP contribution is 2.35. The van der Waals surface area contributed by atoms with Gasteiger partial charge in [-0.1, -0.05) is 25.5 Å². The third-order valence-corrected chi connectivity index (χ3v) is 5.04. The highest BCUT2D eigenvalue weighted by molar-refractivity contribution is 5.80. The molecule has 0 bridgehead atoms. The van der Waals surface area contributed by atoms with Crippen LogP contribution in [0, 0.1) is 5.41 Å². The zero-order chi connectivity index (χ0) is 18.4. The summed E-state index contributed by atoms with van der Waals surface area (Å²) in [5.74, 6) is -0.315. The van der Waals surface area contributed by atoms with Gasteiger partial charge in [0.25, 0.3) is 0 Å². The molecule has 0 spiro atoms. The Morgan fingerprint density at radius 2 is 2.00 bits per heavy atom. The molecule has 6 heteroatoms. The van der Waals surface area contributed by atoms with Crippen molar-refractivity contribution in [1.82, 2.24) is 4.90 Å². The molecule has 25 heavy (non-hydrogen) atoms. The van der Waals surface area contributed by atoms with Crippen molar-refractivity contribution in [1.29, 1.82) is 0 Å². The second-order valence-electron chi connectivity index (χ2n) is 6.68. The Hall–Kier alpha value is -2.08. The molecule has 2 atom stereocenters. The quantitative estimate of drug-likeness (QED) is 0.787. The number of amides is 1. The van der Waals surface area contributed by atoms with Gasteiger partial charge in [0.1, 0.15) is 11.2 Å². The number of nitrogens with zero attached hydrogens (tertiary/aromatic N) is 1. The molecule has 1 aliphatic rings. The van der Waals surface area contributed by atoms with Gasteiger partial charge in [0.2, 0.25) is 5.91 Å². The number of hydrogen-bond donors (Lipinski definition) is 2. The number of aliphatic hydroxyl groups is 1. The fourth-order valence-corrected chi connectivity index (χ4v) is 3.50. The Bertz CT molecular complexity index is 600. The van der Waals surface area contributed by atoms with E-state index < -0.39 is 17.5 Å². The molecule has 1 fully saturated rings. The minimum Gasteiger partial charge on any atom is -0.497 e. The number of likely N-dealkylation sites (tertiary alicyclic amines) is 1. The number of ether oxygens (including phenoxy) is 1. The van der Waals surface area contributed by atoms with Crippen molar-refractivity contribution in [2.24, 2.45) is 5.41 Å². The Kier molecular flexibility index (Phi) is 6.42. The van der Waals surface area contributed by atoms with Gasteiger partial charge in [-0.05, 0) is 37.0 Å². The number of aryl methyl sites for hydroxylation is 1. The fourth-order valence-electron chi connectivity index (χ4n) is 3.50. The van der Waals surface area contributed by atoms with Crippen LogP contribution < -0.4 is 4.74 Å². The molecule has 0 unspecified atom stereocenters. The van der Waals surface area contributed by atoms with E-state index in [0.29, 0.717) is 38.6 Å². The number of rotatable bonds is 7. The number of carboxylic acids is 1. The SMILES string of the molecule is CCC[C@@]1(C(=O)O)CN(C(=O)CCc2ccc(OC)cc2)CC[C@H]1O. The molecule has 138 valence electrons. The van der Waals surface area contributed by atoms with Crippen molar-refractivity contribution < 1.29 is 24.5 Å². The Labute approximate surface area is 148 Å². The normalized spacial score (nSPS) is 23.3. The van der Waals surface area contributed by atoms with Crippen LogP contribution in [-0.4, -0.2) is 53.3 Å². The van der Waals surface area contributed by atoms with Gasteiger partial charge in [-0.25, -0.2) is 0 Å². The molecule has 2 N–H and O–H groups in total. The molecule has 1 aromatic rings. The first-order valence-corrected chi connectivity index (χ1v) is 8.75. The first-order valence-electron chi connectivity index (χ1n) is 8.75. The van der Waals surface area contributed by atoms with Crippen molar-refractivity contribution in [2.45, 2.75) is 45.1 Å². The zero-order valence-electron chi connectivity index (χ0n) is 14.9. The lowest BCUT2D eigenvalue weighted by Gasteiger charge is -2.43. The lowest BCUT2D eigenvalue weighted by Crippen LogP contribution is -2.57. The zero-order valence-corrected chi connectivity index (χ0v) is 14.9. The number of benzene rings is 1. The number of carboxylic acid groups (broad SMARTS) is 1. The van der Waals surface area contributed by atoms with E-state index in [-0.39, 0.29) is 12.5 Å². The number of methoxy groups -OCH3 is 1. The van der Waals surface area contributed by atoms with Gasteiger partial charge in [-0.2, -0.15) is 0 Å². The van der Waals surface area contributed by atoms with Gasteiger partial charge in [-0.15, -0.1) is 0 Å². The first-order chi connectivity index (χ1) is 11.9. The average molecular weight is 349 g/mol. The average Bonchev–Trinajstić information content (AvgIpc) is 2.62. The van der Waals surface area contributed by atoms with E-state index in [1.165, 1.54) is 0 Å². The monoisotopic (exact) mass is 349 g/mol. The number of piperidine rings is 1. The van der Waals surface area contributed by atoms with Crippen LogP contribution in [0.15, 0.2) is 24.3 Å². The predicted molar refractivity (Wildman–Crippen MR) is 93.5 cm³/mol. The molecule has 6 nitrogen and oxygen atoms in total. The summed E-state index contributed by atoms with van der Waals surface area (Å²) < 4.78 is 5.11. The van der Waals surface area contributed by atoms with Gasteiger partial charge < -0.3 is 19.8 Å². The lowest BCUT2D eigenvalue weighted by atomic mass is 9.74. The number of aliphatic hydroxyl groups excluding tert-OH is 1. The van der Waals surface area contributed by atoms with Crippen molar-refractivity contribution in [2.75, 3.05) is 20.2 Å². The smallest absolute Gasteiger partial charge is 0.314 e. The van der Waals surface area contributed by atoms with E-state index in [1.54, 1.807) is 12.0 Å². The molecule has 0 aromatic heterocycles. The summed E-state index contributed by atoms with van der Waals surface area (Å²) in [7, 11) is 1.61. The molecular formula is C19H27NO5. The van der Waals surface area contributed by atoms with Crippen molar-refractivity contribution >= 4 is 11.9 Å². The molecule has 1 amide bonds. The van der Waals surface area contributed by atoms with Crippen LogP contribution in [0.2, 0.25) is 0 Å². The summed E-state index contributed by atoms with van der Waals surface area (Å²) in [5.41, 5.74) is -0.216. The van der Waals surface area contributed by atoms with E-state index >= 15 is 0 Å². The van der Waals surface area contributed by atoms with Crippen LogP contribution in [0.5, 0.6) is 5.75 Å². The van der Waals surface area contributed by atoms with Crippen LogP contribution in [0.1, 0.15) is 38.2 Å². The number of carbonyl (C=O) groups is 2. The first kappa shape index (κ1) is 19.2. The maximum absolute atomic E-state index is 12.5. The molecule has 0 radical (unpaired) electrons. The summed E-state index contributed by atoms with van der Waals surface area (Å²) in [4.78, 5) is 25.9. The summed E-state index contributed by atoms with van der Waals surface area (Å²) in [6, 6.07) is 7.55. The molecule has 1 heterocycles. The lowest BCUT2D eigenvalue weighted by molar-refractivity contribution is -0.166. The van der Waals surface area contributed by atoms with E-state index in [0.717, 1.165) is 11.3 Å². The predicted octanol–water partition coefficient (Wildman–Crippen LogP) is 2.09. The van der Waals surface area contributed by atoms with Crippen molar-refractivity contribution in [3.8, 4) is 5.75 Å². The molecule has 1 saturated heterocycles. The largest absolute Gasteiger partial charge is 0.497 e. The summed E-state index contributed by atoms with van der Waals surface area (Å²) in [6.45, 7) is 2.38. The minimum absolute atomic E-state index is 0.0653. The number of hydrogen-bond acceptors (Lipinski definition) is 4. The molecular weight excluding hydrogens is 322 g/mol. The van der Waals surface area contributed by atoms with E-state index in [9.17, 15) is 19.8 Å². The van der Waals surface area contributed by atoms with E-state index in [4.69, 9.17) is 4.74 Å². The van der Waals surface area contributed by atoms with Gasteiger partial charge in [0.05, 0.1) is 13.2 Å². The van der Waals surface area contributed by atoms with Crippen LogP contribution in [0.3, 0.4) is 0 Å². The van der Waals surface area contributed by atoms with Crippen molar-refractivity contribution in [3.05, 3.63) is 29.8 Å². The molecule has 1 aliphatic heterocycles. The van der Waals surface area contributed by atoms with E-state index in [2.05, 4.69) is 0 Å². The summed E-state index contributed by atoms with van der Waals surface area (Å²) >= 11 is 0. The highest BCUT2D eigenvalue weighted by Gasteiger charge is 2.49. The third-order valence-electron chi connectivity index (χ3n) is 5.04. The molecule has 2 rings (SSSR count). The highest BCUT2D eigenvalue weighted by atomic mass is 16.5. The van der Waals surface area contributed by atoms with Crippen molar-refractivity contribution in [3.63, 3.8) is 0 Å². The number of aliphatic carboxylic acids is 1. The van der Waals surface area contributed by atoms with Crippen LogP contribution >= 0.6 is 0 Å². The Balaban J connectivity index is 1.99. The van der Waals surface area contributed by atoms with Crippen LogP contribution in [-0.2, 0) is 16.0 Å². The van der Waals surface area contributed by atoms with Gasteiger partial charge in [-0.3, -0.25) is 9.59 Å². The Morgan fingerprint density at radius 1 is 1.32 bits per heavy atom. The fraction of sp³-hybridized carbons (Fsp3) is 0.579. The topological polar surface area (TPSA) is 87.1 Å². The van der Waals surface area contributed by atoms with Gasteiger partial charge in [0.15, 0.2) is 0 Å². The van der Waals surface area contributed by atoms with Crippen LogP contribution in [0.25, 0.3) is 0 Å². The third kappa shape index (κ3) is 4.31. The Morgan fingerprint density at radius 3 is 2.56 bits per heavy atom. The minimum atomic E-state index is -1.25. The van der Waals surface area contributed by atoms with E-state index in [1.807, 2.05) is 31.2 Å². The summed E-state index contributed by atoms with van der Waals surface area (Å²) in [6.07, 6.45) is 1.33. The van der Waals surface area contributed by atoms with Gasteiger partial charge >= 0.3 is 5.97 Å². The second-order valence-corrected chi connectivity index (χ2v) is 6.68. The van der Waals surface area contributed by atoms with Crippen LogP contribution in [0.4, 0.5) is 0 Å². The standard InChI is InChI=1S/C19H27NO5/c1-3-11-19(18(23)24)13-20(12-10-16(19)21)17(22)9-6-14-4-7-15(25-2)8-5-14/h4-5,7-8,16,21H,3,6,9-13H2,1-2H3,(H,23,24)/t16-,19-/m1/s1. The maximum atomic E-state index is 12.5. The molecule has 0 aliphatic carbocycles. The number of carbonyl (C=O) groups excluding carboxylic acids is 1. The summed E-state index contributed by atoms with van der Waals surface area (Å²) in [5, 5.41) is 19.9. The molecule has 1 aromatic carbocycles. The second kappa shape index (κ2) is 8.34.